The van der Waals surface area contributed by atoms with Crippen LogP contribution in [0.3, 0.4) is 0 Å². The van der Waals surface area contributed by atoms with Gasteiger partial charge in [0.1, 0.15) is 4.90 Å². The van der Waals surface area contributed by atoms with Crippen molar-refractivity contribution in [1.82, 2.24) is 4.72 Å². The standard InChI is InChI=1S/C14H23ClN2O2S/c1-9(2)12(10(3)4)8-17-20(18,19)14-7-11(16)5-6-13(14)15/h5-7,9-10,12,17H,8,16H2,1-4H3. The zero-order valence-corrected chi connectivity index (χ0v) is 13.9. The van der Waals surface area contributed by atoms with Crippen LogP contribution >= 0.6 is 11.6 Å². The zero-order valence-electron chi connectivity index (χ0n) is 12.4. The molecule has 1 rings (SSSR count). The van der Waals surface area contributed by atoms with E-state index in [4.69, 9.17) is 17.3 Å². The van der Waals surface area contributed by atoms with Gasteiger partial charge in [0.25, 0.3) is 0 Å². The van der Waals surface area contributed by atoms with E-state index in [0.29, 0.717) is 24.1 Å². The number of hydrogen-bond acceptors (Lipinski definition) is 3. The second kappa shape index (κ2) is 6.78. The number of anilines is 1. The lowest BCUT2D eigenvalue weighted by Gasteiger charge is -2.25. The fourth-order valence-corrected chi connectivity index (χ4v) is 3.86. The second-order valence-corrected chi connectivity index (χ2v) is 7.84. The topological polar surface area (TPSA) is 72.2 Å². The van der Waals surface area contributed by atoms with Gasteiger partial charge in [0.15, 0.2) is 0 Å². The van der Waals surface area contributed by atoms with Crippen LogP contribution in [0.2, 0.25) is 5.02 Å². The highest BCUT2D eigenvalue weighted by Gasteiger charge is 2.23. The molecule has 0 aliphatic carbocycles. The Morgan fingerprint density at radius 1 is 1.20 bits per heavy atom. The Hall–Kier alpha value is -0.780. The highest BCUT2D eigenvalue weighted by atomic mass is 35.5. The van der Waals surface area contributed by atoms with E-state index in [1.165, 1.54) is 12.1 Å². The molecule has 0 spiro atoms. The van der Waals surface area contributed by atoms with Crippen molar-refractivity contribution in [3.8, 4) is 0 Å². The quantitative estimate of drug-likeness (QED) is 0.791. The Morgan fingerprint density at radius 2 is 1.75 bits per heavy atom. The molecule has 3 N–H and O–H groups in total. The summed E-state index contributed by atoms with van der Waals surface area (Å²) >= 11 is 5.95. The third kappa shape index (κ3) is 4.36. The summed E-state index contributed by atoms with van der Waals surface area (Å²) in [4.78, 5) is 0.0328. The molecule has 0 amide bonds. The van der Waals surface area contributed by atoms with Crippen LogP contribution in [0.4, 0.5) is 5.69 Å². The number of nitrogens with one attached hydrogen (secondary N) is 1. The Kier molecular flexibility index (Phi) is 5.86. The molecule has 0 radical (unpaired) electrons. The minimum absolute atomic E-state index is 0.0328. The fourth-order valence-electron chi connectivity index (χ4n) is 2.25. The lowest BCUT2D eigenvalue weighted by Crippen LogP contribution is -2.34. The Morgan fingerprint density at radius 3 is 2.25 bits per heavy atom. The summed E-state index contributed by atoms with van der Waals surface area (Å²) in [6.45, 7) is 8.75. The van der Waals surface area contributed by atoms with E-state index in [-0.39, 0.29) is 15.8 Å². The van der Waals surface area contributed by atoms with Crippen molar-refractivity contribution in [2.24, 2.45) is 17.8 Å². The molecule has 0 fully saturated rings. The maximum Gasteiger partial charge on any atom is 0.242 e. The highest BCUT2D eigenvalue weighted by Crippen LogP contribution is 2.25. The summed E-state index contributed by atoms with van der Waals surface area (Å²) in [6.07, 6.45) is 0. The minimum atomic E-state index is -3.64. The molecular formula is C14H23ClN2O2S. The lowest BCUT2D eigenvalue weighted by molar-refractivity contribution is 0.289. The molecule has 0 aromatic heterocycles. The third-order valence-corrected chi connectivity index (χ3v) is 5.37. The normalized spacial score (nSPS) is 12.6. The molecular weight excluding hydrogens is 296 g/mol. The molecule has 0 saturated heterocycles. The molecule has 0 unspecified atom stereocenters. The first-order chi connectivity index (χ1) is 9.15. The second-order valence-electron chi connectivity index (χ2n) is 5.69. The first kappa shape index (κ1) is 17.3. The molecule has 1 aromatic rings. The van der Waals surface area contributed by atoms with Crippen LogP contribution in [0.5, 0.6) is 0 Å². The Bertz CT molecular complexity index is 548. The molecule has 0 atom stereocenters. The number of halogens is 1. The molecule has 0 aliphatic rings. The average Bonchev–Trinajstić information content (AvgIpc) is 2.31. The van der Waals surface area contributed by atoms with Gasteiger partial charge in [-0.3, -0.25) is 0 Å². The summed E-state index contributed by atoms with van der Waals surface area (Å²) in [6, 6.07) is 4.45. The van der Waals surface area contributed by atoms with E-state index >= 15 is 0 Å². The molecule has 1 aromatic carbocycles. The van der Waals surface area contributed by atoms with E-state index in [1.807, 2.05) is 0 Å². The van der Waals surface area contributed by atoms with Crippen molar-refractivity contribution in [2.45, 2.75) is 32.6 Å². The molecule has 4 nitrogen and oxygen atoms in total. The smallest absolute Gasteiger partial charge is 0.242 e. The average molecular weight is 319 g/mol. The molecule has 0 aliphatic heterocycles. The molecule has 114 valence electrons. The summed E-state index contributed by atoms with van der Waals surface area (Å²) < 4.78 is 27.2. The predicted molar refractivity (Wildman–Crippen MR) is 84.2 cm³/mol. The lowest BCUT2D eigenvalue weighted by atomic mass is 9.86. The largest absolute Gasteiger partial charge is 0.399 e. The molecule has 6 heteroatoms. The van der Waals surface area contributed by atoms with Crippen molar-refractivity contribution in [2.75, 3.05) is 12.3 Å². The van der Waals surface area contributed by atoms with Crippen LogP contribution in [0, 0.1) is 17.8 Å². The van der Waals surface area contributed by atoms with Gasteiger partial charge in [0.2, 0.25) is 10.0 Å². The molecule has 20 heavy (non-hydrogen) atoms. The summed E-state index contributed by atoms with van der Waals surface area (Å²) in [5.74, 6) is 1.06. The summed E-state index contributed by atoms with van der Waals surface area (Å²) in [7, 11) is -3.64. The van der Waals surface area contributed by atoms with Gasteiger partial charge in [-0.2, -0.15) is 0 Å². The number of hydrogen-bond donors (Lipinski definition) is 2. The van der Waals surface area contributed by atoms with E-state index in [1.54, 1.807) is 6.07 Å². The van der Waals surface area contributed by atoms with Gasteiger partial charge in [-0.05, 0) is 36.0 Å². The maximum atomic E-state index is 12.3. The van der Waals surface area contributed by atoms with Crippen LogP contribution < -0.4 is 10.5 Å². The van der Waals surface area contributed by atoms with Crippen LogP contribution in [-0.2, 0) is 10.0 Å². The van der Waals surface area contributed by atoms with Crippen LogP contribution in [-0.4, -0.2) is 15.0 Å². The van der Waals surface area contributed by atoms with Crippen LogP contribution in [0.25, 0.3) is 0 Å². The number of nitrogens with two attached hydrogens (primary N) is 1. The summed E-state index contributed by atoms with van der Waals surface area (Å²) in [5.41, 5.74) is 6.00. The van der Waals surface area contributed by atoms with Crippen molar-refractivity contribution in [3.05, 3.63) is 23.2 Å². The number of rotatable bonds is 6. The van der Waals surface area contributed by atoms with Gasteiger partial charge in [-0.25, -0.2) is 13.1 Å². The Labute approximate surface area is 126 Å². The van der Waals surface area contributed by atoms with Crippen LogP contribution in [0.15, 0.2) is 23.1 Å². The number of benzene rings is 1. The highest BCUT2D eigenvalue weighted by molar-refractivity contribution is 7.89. The van der Waals surface area contributed by atoms with E-state index in [2.05, 4.69) is 32.4 Å². The minimum Gasteiger partial charge on any atom is -0.399 e. The van der Waals surface area contributed by atoms with Crippen molar-refractivity contribution in [1.29, 1.82) is 0 Å². The van der Waals surface area contributed by atoms with Crippen molar-refractivity contribution >= 4 is 27.3 Å². The Balaban J connectivity index is 2.93. The number of sulfonamides is 1. The van der Waals surface area contributed by atoms with E-state index in [9.17, 15) is 8.42 Å². The van der Waals surface area contributed by atoms with Gasteiger partial charge < -0.3 is 5.73 Å². The molecule has 0 heterocycles. The van der Waals surface area contributed by atoms with Gasteiger partial charge in [-0.1, -0.05) is 39.3 Å². The first-order valence-corrected chi connectivity index (χ1v) is 8.56. The van der Waals surface area contributed by atoms with Gasteiger partial charge in [0, 0.05) is 12.2 Å². The SMILES string of the molecule is CC(C)C(CNS(=O)(=O)c1cc(N)ccc1Cl)C(C)C. The van der Waals surface area contributed by atoms with E-state index in [0.717, 1.165) is 0 Å². The zero-order chi connectivity index (χ0) is 15.5. The van der Waals surface area contributed by atoms with Crippen LogP contribution in [0.1, 0.15) is 27.7 Å². The third-order valence-electron chi connectivity index (χ3n) is 3.47. The van der Waals surface area contributed by atoms with Crippen molar-refractivity contribution in [3.63, 3.8) is 0 Å². The van der Waals surface area contributed by atoms with E-state index < -0.39 is 10.0 Å². The van der Waals surface area contributed by atoms with Gasteiger partial charge >= 0.3 is 0 Å². The monoisotopic (exact) mass is 318 g/mol. The predicted octanol–water partition coefficient (Wildman–Crippen LogP) is 3.13. The summed E-state index contributed by atoms with van der Waals surface area (Å²) in [5, 5.41) is 0.178. The number of nitrogen functional groups attached to an aromatic ring is 1. The molecule has 0 bridgehead atoms. The fraction of sp³-hybridized carbons (Fsp3) is 0.571. The van der Waals surface area contributed by atoms with Crippen molar-refractivity contribution < 1.29 is 8.42 Å². The molecule has 0 saturated carbocycles. The first-order valence-electron chi connectivity index (χ1n) is 6.70. The maximum absolute atomic E-state index is 12.3. The van der Waals surface area contributed by atoms with Gasteiger partial charge in [0.05, 0.1) is 5.02 Å². The van der Waals surface area contributed by atoms with Gasteiger partial charge in [-0.15, -0.1) is 0 Å².